The molecule has 2 aromatic carbocycles. The molecule has 1 fully saturated rings. The maximum atomic E-state index is 12.7. The van der Waals surface area contributed by atoms with Gasteiger partial charge in [0, 0.05) is 35.3 Å². The number of nitrogens with zero attached hydrogens (tertiary/aromatic N) is 3. The van der Waals surface area contributed by atoms with Crippen molar-refractivity contribution in [3.63, 3.8) is 0 Å². The first-order valence-corrected chi connectivity index (χ1v) is 12.2. The van der Waals surface area contributed by atoms with E-state index in [1.54, 1.807) is 22.6 Å². The molecule has 1 N–H and O–H groups in total. The number of thioether (sulfide) groups is 1. The van der Waals surface area contributed by atoms with Gasteiger partial charge in [0.25, 0.3) is 0 Å². The molecule has 0 atom stereocenters. The number of nitrogens with one attached hydrogen (secondary N) is 1. The first-order valence-electron chi connectivity index (χ1n) is 10.3. The minimum absolute atomic E-state index is 0.122. The van der Waals surface area contributed by atoms with Gasteiger partial charge in [-0.05, 0) is 30.2 Å². The molecule has 1 aliphatic heterocycles. The van der Waals surface area contributed by atoms with E-state index in [9.17, 15) is 9.59 Å². The van der Waals surface area contributed by atoms with E-state index in [1.807, 2.05) is 42.5 Å². The third kappa shape index (κ3) is 4.24. The molecule has 1 aliphatic rings. The fraction of sp³-hybridized carbons (Fsp3) is 0.167. The van der Waals surface area contributed by atoms with Crippen molar-refractivity contribution in [2.45, 2.75) is 17.9 Å². The van der Waals surface area contributed by atoms with Crippen molar-refractivity contribution in [1.82, 2.24) is 9.97 Å². The minimum Gasteiger partial charge on any atom is -0.325 e. The van der Waals surface area contributed by atoms with Gasteiger partial charge < -0.3 is 10.2 Å². The Morgan fingerprint density at radius 1 is 1.12 bits per heavy atom. The maximum absolute atomic E-state index is 12.7. The van der Waals surface area contributed by atoms with Gasteiger partial charge >= 0.3 is 0 Å². The van der Waals surface area contributed by atoms with Gasteiger partial charge in [0.05, 0.1) is 11.1 Å². The number of carbonyl (C=O) groups excluding carboxylic acids is 2. The standard InChI is InChI=1S/C24H20N4O2S2/c29-20(27-17-8-4-9-18(12-17)28-11-5-10-21(28)30)14-32-24-22-19(16-6-2-1-3-7-16)13-31-23(22)25-15-26-24/h1-4,6-9,12-13,15H,5,10-11,14H2,(H,27,29). The molecule has 8 heteroatoms. The number of aromatic nitrogens is 2. The second kappa shape index (κ2) is 9.10. The van der Waals surface area contributed by atoms with Crippen molar-refractivity contribution < 1.29 is 9.59 Å². The fourth-order valence-electron chi connectivity index (χ4n) is 3.79. The van der Waals surface area contributed by atoms with Crippen molar-refractivity contribution in [3.8, 4) is 11.1 Å². The average molecular weight is 461 g/mol. The molecule has 0 unspecified atom stereocenters. The fourth-order valence-corrected chi connectivity index (χ4v) is 5.58. The minimum atomic E-state index is -0.122. The molecule has 6 nitrogen and oxygen atoms in total. The Balaban J connectivity index is 1.31. The number of thiophene rings is 1. The van der Waals surface area contributed by atoms with Crippen molar-refractivity contribution in [2.24, 2.45) is 0 Å². The van der Waals surface area contributed by atoms with E-state index >= 15 is 0 Å². The van der Waals surface area contributed by atoms with Crippen LogP contribution in [-0.4, -0.2) is 34.1 Å². The highest BCUT2D eigenvalue weighted by atomic mass is 32.2. The molecular formula is C24H20N4O2S2. The van der Waals surface area contributed by atoms with Gasteiger partial charge in [0.15, 0.2) is 0 Å². The summed E-state index contributed by atoms with van der Waals surface area (Å²) >= 11 is 2.98. The normalized spacial score (nSPS) is 13.6. The van der Waals surface area contributed by atoms with E-state index in [4.69, 9.17) is 0 Å². The van der Waals surface area contributed by atoms with Crippen LogP contribution in [-0.2, 0) is 9.59 Å². The lowest BCUT2D eigenvalue weighted by Gasteiger charge is -2.16. The predicted octanol–water partition coefficient (Wildman–Crippen LogP) is 5.22. The van der Waals surface area contributed by atoms with Gasteiger partial charge in [0.1, 0.15) is 16.2 Å². The highest BCUT2D eigenvalue weighted by Gasteiger charge is 2.22. The van der Waals surface area contributed by atoms with Crippen molar-refractivity contribution in [2.75, 3.05) is 22.5 Å². The molecular weight excluding hydrogens is 440 g/mol. The Kier molecular flexibility index (Phi) is 5.87. The quantitative estimate of drug-likeness (QED) is 0.316. The second-order valence-electron chi connectivity index (χ2n) is 7.41. The highest BCUT2D eigenvalue weighted by Crippen LogP contribution is 2.37. The Morgan fingerprint density at radius 2 is 2.00 bits per heavy atom. The van der Waals surface area contributed by atoms with Gasteiger partial charge in [0.2, 0.25) is 11.8 Å². The number of rotatable bonds is 6. The van der Waals surface area contributed by atoms with Crippen LogP contribution in [0.4, 0.5) is 11.4 Å². The van der Waals surface area contributed by atoms with Crippen LogP contribution in [0.15, 0.2) is 71.3 Å². The number of carbonyl (C=O) groups is 2. The summed E-state index contributed by atoms with van der Waals surface area (Å²) in [6.45, 7) is 0.722. The molecule has 160 valence electrons. The van der Waals surface area contributed by atoms with E-state index in [0.717, 1.165) is 45.0 Å². The molecule has 4 aromatic rings. The highest BCUT2D eigenvalue weighted by molar-refractivity contribution is 8.00. The number of benzene rings is 2. The van der Waals surface area contributed by atoms with Crippen LogP contribution in [0.5, 0.6) is 0 Å². The number of hydrogen-bond acceptors (Lipinski definition) is 6. The van der Waals surface area contributed by atoms with Gasteiger partial charge in [-0.1, -0.05) is 48.2 Å². The summed E-state index contributed by atoms with van der Waals surface area (Å²) in [6, 6.07) is 17.6. The van der Waals surface area contributed by atoms with Crippen LogP contribution >= 0.6 is 23.1 Å². The average Bonchev–Trinajstić information content (AvgIpc) is 3.45. The summed E-state index contributed by atoms with van der Waals surface area (Å²) < 4.78 is 0. The first kappa shape index (κ1) is 20.7. The molecule has 5 rings (SSSR count). The Labute approximate surface area is 193 Å². The molecule has 0 spiro atoms. The Hall–Kier alpha value is -3.23. The molecule has 1 saturated heterocycles. The van der Waals surface area contributed by atoms with Gasteiger partial charge in [-0.25, -0.2) is 9.97 Å². The third-order valence-corrected chi connectivity index (χ3v) is 7.15. The molecule has 0 bridgehead atoms. The number of anilines is 2. The third-order valence-electron chi connectivity index (χ3n) is 5.28. The largest absolute Gasteiger partial charge is 0.325 e. The second-order valence-corrected chi connectivity index (χ2v) is 9.23. The Bertz CT molecular complexity index is 1290. The summed E-state index contributed by atoms with van der Waals surface area (Å²) in [5, 5.41) is 6.80. The van der Waals surface area contributed by atoms with Crippen LogP contribution in [0, 0.1) is 0 Å². The number of fused-ring (bicyclic) bond motifs is 1. The summed E-state index contributed by atoms with van der Waals surface area (Å²) in [4.78, 5) is 36.2. The van der Waals surface area contributed by atoms with E-state index < -0.39 is 0 Å². The van der Waals surface area contributed by atoms with Gasteiger partial charge in [-0.3, -0.25) is 9.59 Å². The summed E-state index contributed by atoms with van der Waals surface area (Å²) in [6.07, 6.45) is 2.99. The van der Waals surface area contributed by atoms with Crippen LogP contribution in [0.25, 0.3) is 21.3 Å². The van der Waals surface area contributed by atoms with Crippen molar-refractivity contribution >= 4 is 56.5 Å². The lowest BCUT2D eigenvalue weighted by Crippen LogP contribution is -2.23. The van der Waals surface area contributed by atoms with E-state index in [2.05, 4.69) is 32.8 Å². The zero-order valence-corrected chi connectivity index (χ0v) is 18.8. The summed E-state index contributed by atoms with van der Waals surface area (Å²) in [7, 11) is 0. The molecule has 0 saturated carbocycles. The molecule has 0 radical (unpaired) electrons. The SMILES string of the molecule is O=C(CSc1ncnc2scc(-c3ccccc3)c12)Nc1cccc(N2CCCC2=O)c1. The summed E-state index contributed by atoms with van der Waals surface area (Å²) in [5.74, 6) is 0.230. The lowest BCUT2D eigenvalue weighted by molar-refractivity contribution is -0.117. The van der Waals surface area contributed by atoms with Gasteiger partial charge in [-0.15, -0.1) is 11.3 Å². The maximum Gasteiger partial charge on any atom is 0.234 e. The van der Waals surface area contributed by atoms with Crippen LogP contribution in [0.2, 0.25) is 0 Å². The van der Waals surface area contributed by atoms with Crippen LogP contribution in [0.3, 0.4) is 0 Å². The van der Waals surface area contributed by atoms with Crippen LogP contribution in [0.1, 0.15) is 12.8 Å². The number of amides is 2. The number of hydrogen-bond donors (Lipinski definition) is 1. The molecule has 0 aliphatic carbocycles. The Morgan fingerprint density at radius 3 is 2.81 bits per heavy atom. The lowest BCUT2D eigenvalue weighted by atomic mass is 10.1. The van der Waals surface area contributed by atoms with Crippen LogP contribution < -0.4 is 10.2 Å². The molecule has 2 amide bonds. The summed E-state index contributed by atoms with van der Waals surface area (Å²) in [5.41, 5.74) is 3.69. The predicted molar refractivity (Wildman–Crippen MR) is 130 cm³/mol. The van der Waals surface area contributed by atoms with E-state index in [1.165, 1.54) is 11.8 Å². The van der Waals surface area contributed by atoms with Crippen molar-refractivity contribution in [1.29, 1.82) is 0 Å². The first-order chi connectivity index (χ1) is 15.7. The molecule has 2 aromatic heterocycles. The zero-order valence-electron chi connectivity index (χ0n) is 17.2. The monoisotopic (exact) mass is 460 g/mol. The van der Waals surface area contributed by atoms with Crippen molar-refractivity contribution in [3.05, 3.63) is 66.3 Å². The molecule has 3 heterocycles. The molecule has 32 heavy (non-hydrogen) atoms. The van der Waals surface area contributed by atoms with Gasteiger partial charge in [-0.2, -0.15) is 0 Å². The smallest absolute Gasteiger partial charge is 0.234 e. The topological polar surface area (TPSA) is 75.2 Å². The zero-order chi connectivity index (χ0) is 21.9. The van der Waals surface area contributed by atoms with E-state index in [-0.39, 0.29) is 17.6 Å². The van der Waals surface area contributed by atoms with E-state index in [0.29, 0.717) is 12.1 Å².